The van der Waals surface area contributed by atoms with E-state index < -0.39 is 10.1 Å². The highest BCUT2D eigenvalue weighted by Gasteiger charge is 2.30. The second kappa shape index (κ2) is 5.72. The quantitative estimate of drug-likeness (QED) is 0.252. The van der Waals surface area contributed by atoms with Crippen LogP contribution in [0.2, 0.25) is 0 Å². The van der Waals surface area contributed by atoms with Crippen LogP contribution >= 0.6 is 22.6 Å². The van der Waals surface area contributed by atoms with Gasteiger partial charge in [-0.15, -0.1) is 6.58 Å². The van der Waals surface area contributed by atoms with E-state index in [1.807, 2.05) is 22.6 Å². The molecule has 1 aromatic carbocycles. The van der Waals surface area contributed by atoms with Crippen LogP contribution in [0.15, 0.2) is 24.8 Å². The van der Waals surface area contributed by atoms with Gasteiger partial charge in [-0.3, -0.25) is 4.79 Å². The van der Waals surface area contributed by atoms with E-state index in [1.165, 1.54) is 6.07 Å². The van der Waals surface area contributed by atoms with Crippen molar-refractivity contribution < 1.29 is 22.1 Å². The van der Waals surface area contributed by atoms with Crippen LogP contribution in [0.3, 0.4) is 0 Å². The highest BCUT2D eigenvalue weighted by atomic mass is 127. The van der Waals surface area contributed by atoms with Gasteiger partial charge in [0.1, 0.15) is 5.75 Å². The van der Waals surface area contributed by atoms with Gasteiger partial charge in [-0.25, -0.2) is 0 Å². The van der Waals surface area contributed by atoms with Gasteiger partial charge < -0.3 is 8.92 Å². The number of hydrogen-bond acceptors (Lipinski definition) is 5. The van der Waals surface area contributed by atoms with Crippen molar-refractivity contribution in [1.29, 1.82) is 0 Å². The summed E-state index contributed by atoms with van der Waals surface area (Å²) in [5.41, 5.74) is 0.797. The zero-order chi connectivity index (χ0) is 14.9. The van der Waals surface area contributed by atoms with Crippen molar-refractivity contribution in [3.63, 3.8) is 0 Å². The fraction of sp³-hybridized carbons (Fsp3) is 0.308. The summed E-state index contributed by atoms with van der Waals surface area (Å²) < 4.78 is 33.3. The first-order valence-electron chi connectivity index (χ1n) is 5.85. The van der Waals surface area contributed by atoms with Gasteiger partial charge in [-0.1, -0.05) is 6.08 Å². The van der Waals surface area contributed by atoms with Gasteiger partial charge in [0.15, 0.2) is 5.75 Å². The van der Waals surface area contributed by atoms with Crippen LogP contribution in [0, 0.1) is 3.57 Å². The lowest BCUT2D eigenvalue weighted by Gasteiger charge is -2.25. The van der Waals surface area contributed by atoms with Crippen LogP contribution in [-0.2, 0) is 14.9 Å². The topological polar surface area (TPSA) is 69.7 Å². The highest BCUT2D eigenvalue weighted by Crippen LogP contribution is 2.43. The number of halogens is 1. The Bertz CT molecular complexity index is 666. The number of fused-ring (bicyclic) bond motifs is 1. The van der Waals surface area contributed by atoms with Gasteiger partial charge in [0.2, 0.25) is 0 Å². The maximum absolute atomic E-state index is 11.5. The second-order valence-corrected chi connectivity index (χ2v) is 7.13. The Morgan fingerprint density at radius 2 is 2.25 bits per heavy atom. The Balaban J connectivity index is 2.51. The fourth-order valence-electron chi connectivity index (χ4n) is 2.12. The minimum atomic E-state index is -3.60. The molecule has 0 bridgehead atoms. The van der Waals surface area contributed by atoms with Gasteiger partial charge in [0.25, 0.3) is 0 Å². The largest absolute Gasteiger partial charge is 0.426 e. The molecule has 0 fully saturated rings. The van der Waals surface area contributed by atoms with Gasteiger partial charge in [0, 0.05) is 11.5 Å². The van der Waals surface area contributed by atoms with Crippen LogP contribution in [0.4, 0.5) is 0 Å². The first kappa shape index (κ1) is 15.3. The maximum Gasteiger partial charge on any atom is 0.311 e. The predicted octanol–water partition coefficient (Wildman–Crippen LogP) is 2.60. The Morgan fingerprint density at radius 1 is 1.55 bits per heavy atom. The van der Waals surface area contributed by atoms with Crippen molar-refractivity contribution in [2.45, 2.75) is 18.8 Å². The number of rotatable bonds is 4. The van der Waals surface area contributed by atoms with Crippen molar-refractivity contribution >= 4 is 38.7 Å². The van der Waals surface area contributed by atoms with Gasteiger partial charge in [-0.2, -0.15) is 8.42 Å². The van der Waals surface area contributed by atoms with E-state index in [0.29, 0.717) is 15.7 Å². The van der Waals surface area contributed by atoms with E-state index in [2.05, 4.69) is 6.58 Å². The molecule has 5 nitrogen and oxygen atoms in total. The summed E-state index contributed by atoms with van der Waals surface area (Å²) in [7, 11) is -3.60. The molecule has 7 heteroatoms. The predicted molar refractivity (Wildman–Crippen MR) is 82.4 cm³/mol. The molecule has 20 heavy (non-hydrogen) atoms. The molecule has 0 aliphatic carbocycles. The summed E-state index contributed by atoms with van der Waals surface area (Å²) in [5.74, 6) is 0.341. The van der Waals surface area contributed by atoms with E-state index in [-0.39, 0.29) is 24.1 Å². The number of carbonyl (C=O) groups excluding carboxylic acids is 1. The van der Waals surface area contributed by atoms with Crippen LogP contribution in [-0.4, -0.2) is 20.6 Å². The summed E-state index contributed by atoms with van der Waals surface area (Å²) in [6.07, 6.45) is 3.58. The first-order valence-corrected chi connectivity index (χ1v) is 8.74. The molecule has 1 aromatic rings. The van der Waals surface area contributed by atoms with Crippen LogP contribution in [0.1, 0.15) is 24.3 Å². The molecular formula is C13H13IO5S. The van der Waals surface area contributed by atoms with Crippen LogP contribution in [0.5, 0.6) is 11.5 Å². The molecule has 0 radical (unpaired) electrons. The summed E-state index contributed by atoms with van der Waals surface area (Å²) in [6.45, 7) is 3.68. The lowest BCUT2D eigenvalue weighted by atomic mass is 9.90. The minimum Gasteiger partial charge on any atom is -0.426 e. The molecule has 0 aromatic heterocycles. The molecule has 0 spiro atoms. The Hall–Kier alpha value is -1.09. The van der Waals surface area contributed by atoms with Crippen molar-refractivity contribution in [2.24, 2.45) is 0 Å². The second-order valence-electron chi connectivity index (χ2n) is 4.48. The lowest BCUT2D eigenvalue weighted by Crippen LogP contribution is -2.21. The first-order chi connectivity index (χ1) is 9.31. The molecule has 0 amide bonds. The van der Waals surface area contributed by atoms with Crippen molar-refractivity contribution in [1.82, 2.24) is 0 Å². The average molecular weight is 408 g/mol. The summed E-state index contributed by atoms with van der Waals surface area (Å²) in [5, 5.41) is 0. The fourth-order valence-corrected chi connectivity index (χ4v) is 3.73. The Kier molecular flexibility index (Phi) is 4.38. The van der Waals surface area contributed by atoms with Crippen molar-refractivity contribution in [2.75, 3.05) is 6.26 Å². The molecule has 1 aliphatic rings. The van der Waals surface area contributed by atoms with E-state index in [9.17, 15) is 13.2 Å². The van der Waals surface area contributed by atoms with Crippen LogP contribution in [0.25, 0.3) is 0 Å². The molecule has 2 rings (SSSR count). The van der Waals surface area contributed by atoms with E-state index >= 15 is 0 Å². The van der Waals surface area contributed by atoms with Crippen molar-refractivity contribution in [3.05, 3.63) is 33.9 Å². The molecule has 0 N–H and O–H groups in total. The van der Waals surface area contributed by atoms with E-state index in [4.69, 9.17) is 8.92 Å². The third-order valence-electron chi connectivity index (χ3n) is 2.84. The zero-order valence-electron chi connectivity index (χ0n) is 10.8. The van der Waals surface area contributed by atoms with Gasteiger partial charge >= 0.3 is 16.1 Å². The lowest BCUT2D eigenvalue weighted by molar-refractivity contribution is -0.135. The smallest absolute Gasteiger partial charge is 0.311 e. The molecule has 1 atom stereocenters. The third-order valence-corrected chi connectivity index (χ3v) is 4.44. The van der Waals surface area contributed by atoms with E-state index in [0.717, 1.165) is 11.8 Å². The number of esters is 1. The Morgan fingerprint density at radius 3 is 2.85 bits per heavy atom. The number of benzene rings is 1. The SMILES string of the molecule is C=CCC1CC(=O)Oc2ccc(OS(C)(=O)=O)c(I)c21. The molecule has 1 aliphatic heterocycles. The Labute approximate surface area is 131 Å². The molecule has 108 valence electrons. The monoisotopic (exact) mass is 408 g/mol. The third kappa shape index (κ3) is 3.32. The standard InChI is InChI=1S/C13H13IO5S/c1-3-4-8-7-11(15)18-9-5-6-10(13(14)12(8)9)19-20(2,16)17/h3,5-6,8H,1,4,7H2,2H3. The molecular weight excluding hydrogens is 395 g/mol. The van der Waals surface area contributed by atoms with Gasteiger partial charge in [0.05, 0.1) is 16.2 Å². The molecule has 0 saturated carbocycles. The summed E-state index contributed by atoms with van der Waals surface area (Å²) in [6, 6.07) is 3.05. The average Bonchev–Trinajstić information content (AvgIpc) is 2.31. The molecule has 1 unspecified atom stereocenters. The number of carbonyl (C=O) groups is 1. The molecule has 1 heterocycles. The van der Waals surface area contributed by atoms with Crippen molar-refractivity contribution in [3.8, 4) is 11.5 Å². The number of hydrogen-bond donors (Lipinski definition) is 0. The zero-order valence-corrected chi connectivity index (χ0v) is 13.7. The van der Waals surface area contributed by atoms with Crippen LogP contribution < -0.4 is 8.92 Å². The maximum atomic E-state index is 11.5. The molecule has 0 saturated heterocycles. The number of allylic oxidation sites excluding steroid dienone is 1. The summed E-state index contributed by atoms with van der Waals surface area (Å²) >= 11 is 2.01. The van der Waals surface area contributed by atoms with E-state index in [1.54, 1.807) is 12.1 Å². The minimum absolute atomic E-state index is 0.0706. The normalized spacial score (nSPS) is 18.1. The van der Waals surface area contributed by atoms with Gasteiger partial charge in [-0.05, 0) is 41.1 Å². The highest BCUT2D eigenvalue weighted by molar-refractivity contribution is 14.1. The number of ether oxygens (including phenoxy) is 1. The summed E-state index contributed by atoms with van der Waals surface area (Å²) in [4.78, 5) is 11.5.